The molecule has 3 heteroatoms. The summed E-state index contributed by atoms with van der Waals surface area (Å²) < 4.78 is 0. The summed E-state index contributed by atoms with van der Waals surface area (Å²) in [4.78, 5) is 10.5. The SMILES string of the molecule is CCNC(=O)CC[S]. The molecule has 0 aliphatic heterocycles. The van der Waals surface area contributed by atoms with Gasteiger partial charge in [0.1, 0.15) is 0 Å². The summed E-state index contributed by atoms with van der Waals surface area (Å²) >= 11 is 4.58. The first-order valence-corrected chi connectivity index (χ1v) is 3.23. The van der Waals surface area contributed by atoms with Gasteiger partial charge in [-0.15, -0.1) is 0 Å². The van der Waals surface area contributed by atoms with E-state index in [4.69, 9.17) is 0 Å². The number of amides is 1. The van der Waals surface area contributed by atoms with E-state index in [-0.39, 0.29) is 5.91 Å². The Kier molecular flexibility index (Phi) is 4.85. The summed E-state index contributed by atoms with van der Waals surface area (Å²) in [5, 5.41) is 2.64. The van der Waals surface area contributed by atoms with Gasteiger partial charge in [-0.1, -0.05) is 12.6 Å². The lowest BCUT2D eigenvalue weighted by Crippen LogP contribution is -2.22. The molecule has 0 heterocycles. The number of carbonyl (C=O) groups is 1. The largest absolute Gasteiger partial charge is 0.356 e. The van der Waals surface area contributed by atoms with Crippen LogP contribution in [0.5, 0.6) is 0 Å². The van der Waals surface area contributed by atoms with Gasteiger partial charge in [-0.05, 0) is 6.92 Å². The van der Waals surface area contributed by atoms with Crippen molar-refractivity contribution in [2.75, 3.05) is 12.3 Å². The Hall–Kier alpha value is -0.180. The van der Waals surface area contributed by atoms with E-state index in [1.54, 1.807) is 0 Å². The van der Waals surface area contributed by atoms with Crippen LogP contribution in [0.15, 0.2) is 0 Å². The molecule has 0 fully saturated rings. The quantitative estimate of drug-likeness (QED) is 0.602. The molecule has 0 bridgehead atoms. The fraction of sp³-hybridized carbons (Fsp3) is 0.800. The summed E-state index contributed by atoms with van der Waals surface area (Å²) in [6.45, 7) is 2.59. The number of rotatable bonds is 3. The predicted octanol–water partition coefficient (Wildman–Crippen LogP) is 0.710. The topological polar surface area (TPSA) is 29.1 Å². The van der Waals surface area contributed by atoms with E-state index in [1.807, 2.05) is 6.92 Å². The number of nitrogens with one attached hydrogen (secondary N) is 1. The monoisotopic (exact) mass is 132 g/mol. The summed E-state index contributed by atoms with van der Waals surface area (Å²) in [6, 6.07) is 0. The molecule has 0 atom stereocenters. The van der Waals surface area contributed by atoms with Crippen molar-refractivity contribution in [3.8, 4) is 0 Å². The molecule has 0 unspecified atom stereocenters. The molecule has 0 spiro atoms. The van der Waals surface area contributed by atoms with Crippen LogP contribution in [-0.2, 0) is 4.79 Å². The van der Waals surface area contributed by atoms with Gasteiger partial charge in [0, 0.05) is 18.7 Å². The second kappa shape index (κ2) is 4.97. The van der Waals surface area contributed by atoms with Gasteiger partial charge in [0.25, 0.3) is 0 Å². The first kappa shape index (κ1) is 7.82. The molecule has 0 rings (SSSR count). The van der Waals surface area contributed by atoms with E-state index in [0.29, 0.717) is 18.7 Å². The molecule has 2 nitrogen and oxygen atoms in total. The minimum atomic E-state index is 0.0579. The number of hydrogen-bond donors (Lipinski definition) is 1. The molecule has 0 aliphatic carbocycles. The van der Waals surface area contributed by atoms with Crippen molar-refractivity contribution in [2.45, 2.75) is 13.3 Å². The summed E-state index contributed by atoms with van der Waals surface area (Å²) in [5.41, 5.74) is 0. The van der Waals surface area contributed by atoms with E-state index < -0.39 is 0 Å². The minimum absolute atomic E-state index is 0.0579. The van der Waals surface area contributed by atoms with E-state index in [0.717, 1.165) is 0 Å². The summed E-state index contributed by atoms with van der Waals surface area (Å²) in [6.07, 6.45) is 0.475. The van der Waals surface area contributed by atoms with Gasteiger partial charge in [-0.25, -0.2) is 0 Å². The highest BCUT2D eigenvalue weighted by Crippen LogP contribution is 1.81. The highest BCUT2D eigenvalue weighted by atomic mass is 32.1. The molecule has 0 aromatic carbocycles. The van der Waals surface area contributed by atoms with Crippen LogP contribution < -0.4 is 5.32 Å². The average molecular weight is 132 g/mol. The Morgan fingerprint density at radius 1 is 1.75 bits per heavy atom. The Balaban J connectivity index is 3.06. The lowest BCUT2D eigenvalue weighted by molar-refractivity contribution is -0.120. The third-order valence-electron chi connectivity index (χ3n) is 0.703. The van der Waals surface area contributed by atoms with Crippen LogP contribution in [0.3, 0.4) is 0 Å². The maximum Gasteiger partial charge on any atom is 0.220 e. The Morgan fingerprint density at radius 2 is 2.38 bits per heavy atom. The molecule has 0 aliphatic rings. The smallest absolute Gasteiger partial charge is 0.220 e. The second-order valence-corrected chi connectivity index (χ2v) is 1.82. The Labute approximate surface area is 55.1 Å². The molecule has 1 amide bonds. The van der Waals surface area contributed by atoms with Crippen molar-refractivity contribution in [3.05, 3.63) is 0 Å². The van der Waals surface area contributed by atoms with E-state index >= 15 is 0 Å². The molecule has 1 N–H and O–H groups in total. The zero-order valence-corrected chi connectivity index (χ0v) is 5.75. The summed E-state index contributed by atoms with van der Waals surface area (Å²) in [5.74, 6) is 0.578. The maximum atomic E-state index is 10.5. The van der Waals surface area contributed by atoms with Crippen LogP contribution in [0, 0.1) is 0 Å². The van der Waals surface area contributed by atoms with Crippen LogP contribution in [0.2, 0.25) is 0 Å². The van der Waals surface area contributed by atoms with Crippen LogP contribution in [-0.4, -0.2) is 18.2 Å². The molecular weight excluding hydrogens is 122 g/mol. The highest BCUT2D eigenvalue weighted by molar-refractivity contribution is 7.80. The first-order valence-electron chi connectivity index (χ1n) is 2.66. The molecule has 1 radical (unpaired) electrons. The molecule has 8 heavy (non-hydrogen) atoms. The fourth-order valence-electron chi connectivity index (χ4n) is 0.378. The van der Waals surface area contributed by atoms with Gasteiger partial charge in [0.05, 0.1) is 0 Å². The summed E-state index contributed by atoms with van der Waals surface area (Å²) in [7, 11) is 0. The normalized spacial score (nSPS) is 8.75. The van der Waals surface area contributed by atoms with Crippen molar-refractivity contribution in [1.29, 1.82) is 0 Å². The molecule has 0 aromatic heterocycles. The van der Waals surface area contributed by atoms with Crippen LogP contribution in [0.25, 0.3) is 0 Å². The lowest BCUT2D eigenvalue weighted by atomic mass is 10.4. The van der Waals surface area contributed by atoms with Crippen molar-refractivity contribution < 1.29 is 4.79 Å². The predicted molar refractivity (Wildman–Crippen MR) is 35.8 cm³/mol. The number of carbonyl (C=O) groups excluding carboxylic acids is 1. The van der Waals surface area contributed by atoms with Gasteiger partial charge < -0.3 is 5.32 Å². The number of hydrogen-bond acceptors (Lipinski definition) is 1. The zero-order valence-electron chi connectivity index (χ0n) is 4.94. The third kappa shape index (κ3) is 3.99. The van der Waals surface area contributed by atoms with Crippen molar-refractivity contribution >= 4 is 18.5 Å². The average Bonchev–Trinajstić information content (AvgIpc) is 1.68. The van der Waals surface area contributed by atoms with E-state index in [2.05, 4.69) is 17.9 Å². The van der Waals surface area contributed by atoms with Gasteiger partial charge in [-0.3, -0.25) is 4.79 Å². The van der Waals surface area contributed by atoms with Gasteiger partial charge in [0.2, 0.25) is 5.91 Å². The highest BCUT2D eigenvalue weighted by Gasteiger charge is 1.93. The Morgan fingerprint density at radius 3 is 2.75 bits per heavy atom. The molecular formula is C5H10NOS. The van der Waals surface area contributed by atoms with E-state index in [9.17, 15) is 4.79 Å². The van der Waals surface area contributed by atoms with Gasteiger partial charge in [0.15, 0.2) is 0 Å². The minimum Gasteiger partial charge on any atom is -0.356 e. The van der Waals surface area contributed by atoms with Gasteiger partial charge >= 0.3 is 0 Å². The maximum absolute atomic E-state index is 10.5. The zero-order chi connectivity index (χ0) is 6.41. The van der Waals surface area contributed by atoms with Crippen LogP contribution >= 0.6 is 12.6 Å². The van der Waals surface area contributed by atoms with Crippen LogP contribution in [0.1, 0.15) is 13.3 Å². The van der Waals surface area contributed by atoms with Crippen LogP contribution in [0.4, 0.5) is 0 Å². The van der Waals surface area contributed by atoms with Crippen molar-refractivity contribution in [3.63, 3.8) is 0 Å². The second-order valence-electron chi connectivity index (χ2n) is 1.41. The fourth-order valence-corrected chi connectivity index (χ4v) is 0.564. The van der Waals surface area contributed by atoms with Crippen molar-refractivity contribution in [1.82, 2.24) is 5.32 Å². The van der Waals surface area contributed by atoms with Crippen molar-refractivity contribution in [2.24, 2.45) is 0 Å². The molecule has 0 saturated carbocycles. The standard InChI is InChI=1S/C5H10NOS/c1-2-6-5(7)3-4-8/h2-4H2,1H3,(H,6,7). The molecule has 0 saturated heterocycles. The van der Waals surface area contributed by atoms with Gasteiger partial charge in [-0.2, -0.15) is 0 Å². The molecule has 47 valence electrons. The third-order valence-corrected chi connectivity index (χ3v) is 0.907. The molecule has 0 aromatic rings. The van der Waals surface area contributed by atoms with E-state index in [1.165, 1.54) is 0 Å². The Bertz CT molecular complexity index is 66.8. The first-order chi connectivity index (χ1) is 3.81. The lowest BCUT2D eigenvalue weighted by Gasteiger charge is -1.95.